The summed E-state index contributed by atoms with van der Waals surface area (Å²) in [5, 5.41) is 0. The highest BCUT2D eigenvalue weighted by molar-refractivity contribution is 9.10. The SMILES string of the molecule is SCC=Cc1ccnc(Br)c1. The molecule has 0 radical (unpaired) electrons. The highest BCUT2D eigenvalue weighted by atomic mass is 79.9. The predicted molar refractivity (Wildman–Crippen MR) is 54.8 cm³/mol. The average Bonchev–Trinajstić information content (AvgIpc) is 2.01. The van der Waals surface area contributed by atoms with Crippen LogP contribution in [0.4, 0.5) is 0 Å². The molecule has 58 valence electrons. The number of rotatable bonds is 2. The van der Waals surface area contributed by atoms with Gasteiger partial charge in [0.15, 0.2) is 0 Å². The molecule has 1 rings (SSSR count). The molecule has 0 aliphatic carbocycles. The molecule has 0 bridgehead atoms. The van der Waals surface area contributed by atoms with E-state index in [-0.39, 0.29) is 0 Å². The predicted octanol–water partition coefficient (Wildman–Crippen LogP) is 2.79. The van der Waals surface area contributed by atoms with Gasteiger partial charge in [-0.25, -0.2) is 4.98 Å². The van der Waals surface area contributed by atoms with Gasteiger partial charge in [0, 0.05) is 11.9 Å². The lowest BCUT2D eigenvalue weighted by Crippen LogP contribution is -1.76. The maximum atomic E-state index is 4.06. The monoisotopic (exact) mass is 229 g/mol. The Labute approximate surface area is 80.1 Å². The Balaban J connectivity index is 2.79. The second kappa shape index (κ2) is 4.57. The van der Waals surface area contributed by atoms with Crippen LogP contribution in [0, 0.1) is 0 Å². The Kier molecular flexibility index (Phi) is 3.66. The molecule has 0 aliphatic heterocycles. The minimum atomic E-state index is 0.764. The van der Waals surface area contributed by atoms with E-state index < -0.39 is 0 Å². The van der Waals surface area contributed by atoms with Gasteiger partial charge >= 0.3 is 0 Å². The summed E-state index contributed by atoms with van der Waals surface area (Å²) in [5.41, 5.74) is 1.14. The van der Waals surface area contributed by atoms with Gasteiger partial charge in [-0.1, -0.05) is 12.2 Å². The van der Waals surface area contributed by atoms with Gasteiger partial charge in [-0.05, 0) is 33.6 Å². The van der Waals surface area contributed by atoms with Crippen LogP contribution < -0.4 is 0 Å². The number of thiol groups is 1. The van der Waals surface area contributed by atoms with E-state index in [1.807, 2.05) is 24.3 Å². The average molecular weight is 230 g/mol. The van der Waals surface area contributed by atoms with Crippen LogP contribution in [0.25, 0.3) is 6.08 Å². The van der Waals surface area contributed by atoms with Crippen LogP contribution in [-0.4, -0.2) is 10.7 Å². The molecule has 0 saturated heterocycles. The van der Waals surface area contributed by atoms with Crippen molar-refractivity contribution < 1.29 is 0 Å². The molecular formula is C8H8BrNS. The van der Waals surface area contributed by atoms with Crippen LogP contribution in [0.15, 0.2) is 29.0 Å². The van der Waals surface area contributed by atoms with Crippen molar-refractivity contribution in [1.82, 2.24) is 4.98 Å². The molecular weight excluding hydrogens is 222 g/mol. The molecule has 0 spiro atoms. The molecule has 11 heavy (non-hydrogen) atoms. The summed E-state index contributed by atoms with van der Waals surface area (Å²) in [6.45, 7) is 0. The van der Waals surface area contributed by atoms with Crippen molar-refractivity contribution in [3.63, 3.8) is 0 Å². The fraction of sp³-hybridized carbons (Fsp3) is 0.125. The number of pyridine rings is 1. The highest BCUT2D eigenvalue weighted by Crippen LogP contribution is 2.09. The molecule has 1 aromatic heterocycles. The minimum absolute atomic E-state index is 0.764. The van der Waals surface area contributed by atoms with Crippen molar-refractivity contribution in [2.75, 3.05) is 5.75 Å². The Morgan fingerprint density at radius 1 is 1.64 bits per heavy atom. The van der Waals surface area contributed by atoms with Crippen LogP contribution in [0.2, 0.25) is 0 Å². The number of nitrogens with zero attached hydrogens (tertiary/aromatic N) is 1. The Bertz CT molecular complexity index is 260. The number of hydrogen-bond acceptors (Lipinski definition) is 2. The first-order valence-electron chi connectivity index (χ1n) is 3.22. The summed E-state index contributed by atoms with van der Waals surface area (Å²) < 4.78 is 0.860. The maximum Gasteiger partial charge on any atom is 0.106 e. The van der Waals surface area contributed by atoms with Crippen molar-refractivity contribution in [2.45, 2.75) is 0 Å². The number of hydrogen-bond donors (Lipinski definition) is 1. The first kappa shape index (κ1) is 8.81. The minimum Gasteiger partial charge on any atom is -0.249 e. The Morgan fingerprint density at radius 3 is 3.09 bits per heavy atom. The van der Waals surface area contributed by atoms with Gasteiger partial charge in [0.1, 0.15) is 4.60 Å². The van der Waals surface area contributed by atoms with E-state index in [9.17, 15) is 0 Å². The molecule has 0 atom stereocenters. The van der Waals surface area contributed by atoms with Crippen molar-refractivity contribution in [2.24, 2.45) is 0 Å². The van der Waals surface area contributed by atoms with Crippen molar-refractivity contribution in [1.29, 1.82) is 0 Å². The summed E-state index contributed by atoms with van der Waals surface area (Å²) in [4.78, 5) is 4.01. The molecule has 0 unspecified atom stereocenters. The van der Waals surface area contributed by atoms with Gasteiger partial charge in [-0.2, -0.15) is 12.6 Å². The molecule has 0 saturated carbocycles. The lowest BCUT2D eigenvalue weighted by Gasteiger charge is -1.91. The molecule has 1 aromatic rings. The Morgan fingerprint density at radius 2 is 2.45 bits per heavy atom. The van der Waals surface area contributed by atoms with E-state index in [2.05, 4.69) is 33.5 Å². The van der Waals surface area contributed by atoms with Crippen LogP contribution in [0.5, 0.6) is 0 Å². The van der Waals surface area contributed by atoms with Gasteiger partial charge in [0.05, 0.1) is 0 Å². The lowest BCUT2D eigenvalue weighted by molar-refractivity contribution is 1.27. The molecule has 0 aliphatic rings. The first-order chi connectivity index (χ1) is 5.33. The third kappa shape index (κ3) is 3.08. The molecule has 3 heteroatoms. The largest absolute Gasteiger partial charge is 0.249 e. The molecule has 1 heterocycles. The molecule has 1 nitrogen and oxygen atoms in total. The van der Waals surface area contributed by atoms with E-state index >= 15 is 0 Å². The summed E-state index contributed by atoms with van der Waals surface area (Å²) in [5.74, 6) is 0.764. The second-order valence-corrected chi connectivity index (χ2v) is 3.17. The number of aromatic nitrogens is 1. The van der Waals surface area contributed by atoms with Crippen LogP contribution in [0.1, 0.15) is 5.56 Å². The van der Waals surface area contributed by atoms with Crippen LogP contribution in [-0.2, 0) is 0 Å². The van der Waals surface area contributed by atoms with Crippen molar-refractivity contribution in [3.8, 4) is 0 Å². The summed E-state index contributed by atoms with van der Waals surface area (Å²) in [7, 11) is 0. The Hall–Kier alpha value is -0.280. The molecule has 0 fully saturated rings. The molecule has 0 N–H and O–H groups in total. The summed E-state index contributed by atoms with van der Waals surface area (Å²) in [6.07, 6.45) is 5.77. The highest BCUT2D eigenvalue weighted by Gasteiger charge is 1.87. The van der Waals surface area contributed by atoms with E-state index in [1.54, 1.807) is 6.20 Å². The zero-order valence-electron chi connectivity index (χ0n) is 5.87. The smallest absolute Gasteiger partial charge is 0.106 e. The van der Waals surface area contributed by atoms with Crippen molar-refractivity contribution >= 4 is 34.6 Å². The zero-order valence-corrected chi connectivity index (χ0v) is 8.35. The van der Waals surface area contributed by atoms with Gasteiger partial charge < -0.3 is 0 Å². The summed E-state index contributed by atoms with van der Waals surface area (Å²) in [6, 6.07) is 3.91. The quantitative estimate of drug-likeness (QED) is 0.608. The van der Waals surface area contributed by atoms with E-state index in [0.29, 0.717) is 0 Å². The topological polar surface area (TPSA) is 12.9 Å². The third-order valence-corrected chi connectivity index (χ3v) is 1.81. The van der Waals surface area contributed by atoms with E-state index in [4.69, 9.17) is 0 Å². The zero-order chi connectivity index (χ0) is 8.10. The van der Waals surface area contributed by atoms with Gasteiger partial charge in [-0.3, -0.25) is 0 Å². The van der Waals surface area contributed by atoms with Crippen LogP contribution in [0.3, 0.4) is 0 Å². The maximum absolute atomic E-state index is 4.06. The summed E-state index contributed by atoms with van der Waals surface area (Å²) >= 11 is 7.35. The fourth-order valence-electron chi connectivity index (χ4n) is 0.710. The second-order valence-electron chi connectivity index (χ2n) is 2.00. The first-order valence-corrected chi connectivity index (χ1v) is 4.64. The third-order valence-electron chi connectivity index (χ3n) is 1.17. The van der Waals surface area contributed by atoms with Crippen molar-refractivity contribution in [3.05, 3.63) is 34.6 Å². The standard InChI is InChI=1S/C8H8BrNS/c9-8-6-7(2-1-5-11)3-4-10-8/h1-4,6,11H,5H2. The molecule has 0 aromatic carbocycles. The van der Waals surface area contributed by atoms with Gasteiger partial charge in [0.2, 0.25) is 0 Å². The lowest BCUT2D eigenvalue weighted by atomic mass is 10.2. The fourth-order valence-corrected chi connectivity index (χ4v) is 1.20. The van der Waals surface area contributed by atoms with Gasteiger partial charge in [0.25, 0.3) is 0 Å². The van der Waals surface area contributed by atoms with E-state index in [1.165, 1.54) is 0 Å². The normalized spacial score (nSPS) is 10.7. The van der Waals surface area contributed by atoms with Gasteiger partial charge in [-0.15, -0.1) is 0 Å². The number of halogens is 1. The van der Waals surface area contributed by atoms with E-state index in [0.717, 1.165) is 15.9 Å². The van der Waals surface area contributed by atoms with Crippen LogP contribution >= 0.6 is 28.6 Å². The molecule has 0 amide bonds.